The van der Waals surface area contributed by atoms with Gasteiger partial charge < -0.3 is 20.3 Å². The van der Waals surface area contributed by atoms with Crippen LogP contribution in [-0.4, -0.2) is 51.9 Å². The lowest BCUT2D eigenvalue weighted by atomic mass is 10.3. The van der Waals surface area contributed by atoms with Crippen molar-refractivity contribution in [2.75, 3.05) is 44.8 Å². The summed E-state index contributed by atoms with van der Waals surface area (Å²) in [5.74, 6) is 1.69. The first-order valence-electron chi connectivity index (χ1n) is 8.80. The standard InChI is InChI=1S/C18H27BrN4O/c1-20-18(21-9-11-24-13-14-2-3-14)22-16-8-10-23(12-16)17-6-4-15(19)5-7-17/h4-7,14,16H,2-3,8-13H2,1H3,(H2,20,21,22). The third-order valence-electron chi connectivity index (χ3n) is 4.53. The number of guanidine groups is 1. The second-order valence-electron chi connectivity index (χ2n) is 6.57. The highest BCUT2D eigenvalue weighted by Crippen LogP contribution is 2.28. The Morgan fingerprint density at radius 1 is 1.29 bits per heavy atom. The number of nitrogens with one attached hydrogen (secondary N) is 2. The van der Waals surface area contributed by atoms with E-state index >= 15 is 0 Å². The first-order chi connectivity index (χ1) is 11.7. The van der Waals surface area contributed by atoms with E-state index in [-0.39, 0.29) is 0 Å². The number of halogens is 1. The molecule has 1 heterocycles. The van der Waals surface area contributed by atoms with E-state index in [0.717, 1.165) is 55.6 Å². The lowest BCUT2D eigenvalue weighted by Gasteiger charge is -2.20. The van der Waals surface area contributed by atoms with Gasteiger partial charge in [0.15, 0.2) is 5.96 Å². The van der Waals surface area contributed by atoms with Crippen molar-refractivity contribution >= 4 is 27.6 Å². The molecule has 6 heteroatoms. The second-order valence-corrected chi connectivity index (χ2v) is 7.49. The minimum Gasteiger partial charge on any atom is -0.379 e. The van der Waals surface area contributed by atoms with Gasteiger partial charge in [-0.1, -0.05) is 15.9 Å². The Kier molecular flexibility index (Phi) is 6.37. The maximum atomic E-state index is 5.65. The van der Waals surface area contributed by atoms with E-state index in [1.165, 1.54) is 18.5 Å². The zero-order valence-corrected chi connectivity index (χ0v) is 15.9. The molecule has 5 nitrogen and oxygen atoms in total. The number of ether oxygens (including phenoxy) is 1. The monoisotopic (exact) mass is 394 g/mol. The van der Waals surface area contributed by atoms with E-state index in [0.29, 0.717) is 6.04 Å². The van der Waals surface area contributed by atoms with E-state index in [4.69, 9.17) is 4.74 Å². The maximum Gasteiger partial charge on any atom is 0.191 e. The van der Waals surface area contributed by atoms with E-state index in [2.05, 4.69) is 60.7 Å². The van der Waals surface area contributed by atoms with Crippen molar-refractivity contribution in [3.63, 3.8) is 0 Å². The van der Waals surface area contributed by atoms with Crippen molar-refractivity contribution in [2.24, 2.45) is 10.9 Å². The van der Waals surface area contributed by atoms with Crippen LogP contribution in [-0.2, 0) is 4.74 Å². The number of rotatable bonds is 7. The summed E-state index contributed by atoms with van der Waals surface area (Å²) in [6, 6.07) is 8.94. The predicted octanol–water partition coefficient (Wildman–Crippen LogP) is 2.62. The van der Waals surface area contributed by atoms with Crippen molar-refractivity contribution < 1.29 is 4.74 Å². The Labute approximate surface area is 153 Å². The molecule has 132 valence electrons. The molecule has 1 unspecified atom stereocenters. The third-order valence-corrected chi connectivity index (χ3v) is 5.06. The normalized spacial score (nSPS) is 21.2. The number of nitrogens with zero attached hydrogens (tertiary/aromatic N) is 2. The largest absolute Gasteiger partial charge is 0.379 e. The van der Waals surface area contributed by atoms with E-state index < -0.39 is 0 Å². The van der Waals surface area contributed by atoms with Crippen molar-refractivity contribution in [1.29, 1.82) is 0 Å². The molecule has 2 N–H and O–H groups in total. The zero-order chi connectivity index (χ0) is 16.8. The van der Waals surface area contributed by atoms with Crippen LogP contribution in [0, 0.1) is 5.92 Å². The second kappa shape index (κ2) is 8.72. The Bertz CT molecular complexity index is 544. The van der Waals surface area contributed by atoms with Crippen LogP contribution in [0.2, 0.25) is 0 Å². The van der Waals surface area contributed by atoms with Gasteiger partial charge in [-0.25, -0.2) is 0 Å². The van der Waals surface area contributed by atoms with Gasteiger partial charge in [-0.2, -0.15) is 0 Å². The fourth-order valence-corrected chi connectivity index (χ4v) is 3.19. The summed E-state index contributed by atoms with van der Waals surface area (Å²) in [4.78, 5) is 6.73. The number of aliphatic imine (C=N–C) groups is 1. The Morgan fingerprint density at radius 3 is 2.79 bits per heavy atom. The van der Waals surface area contributed by atoms with Crippen LogP contribution in [0.3, 0.4) is 0 Å². The summed E-state index contributed by atoms with van der Waals surface area (Å²) in [5, 5.41) is 6.86. The molecule has 1 aliphatic heterocycles. The van der Waals surface area contributed by atoms with Gasteiger partial charge in [0.1, 0.15) is 0 Å². The molecule has 2 aliphatic rings. The van der Waals surface area contributed by atoms with E-state index in [9.17, 15) is 0 Å². The van der Waals surface area contributed by atoms with Gasteiger partial charge in [-0.3, -0.25) is 4.99 Å². The smallest absolute Gasteiger partial charge is 0.191 e. The molecule has 1 saturated carbocycles. The maximum absolute atomic E-state index is 5.65. The molecule has 0 amide bonds. The van der Waals surface area contributed by atoms with Gasteiger partial charge in [0.2, 0.25) is 0 Å². The lowest BCUT2D eigenvalue weighted by Crippen LogP contribution is -2.45. The molecule has 2 fully saturated rings. The highest BCUT2D eigenvalue weighted by molar-refractivity contribution is 9.10. The first kappa shape index (κ1) is 17.5. The molecule has 1 aliphatic carbocycles. The lowest BCUT2D eigenvalue weighted by molar-refractivity contribution is 0.129. The highest BCUT2D eigenvalue weighted by Gasteiger charge is 2.23. The highest BCUT2D eigenvalue weighted by atomic mass is 79.9. The van der Waals surface area contributed by atoms with Gasteiger partial charge in [-0.05, 0) is 49.4 Å². The summed E-state index contributed by atoms with van der Waals surface area (Å²) >= 11 is 3.49. The van der Waals surface area contributed by atoms with Crippen LogP contribution < -0.4 is 15.5 Å². The molecule has 0 radical (unpaired) electrons. The molecule has 1 aromatic carbocycles. The Balaban J connectivity index is 1.37. The van der Waals surface area contributed by atoms with Crippen molar-refractivity contribution in [2.45, 2.75) is 25.3 Å². The molecule has 0 bridgehead atoms. The molecule has 24 heavy (non-hydrogen) atoms. The summed E-state index contributed by atoms with van der Waals surface area (Å²) in [6.07, 6.45) is 3.80. The molecule has 3 rings (SSSR count). The van der Waals surface area contributed by atoms with Crippen LogP contribution in [0.5, 0.6) is 0 Å². The zero-order valence-electron chi connectivity index (χ0n) is 14.3. The average molecular weight is 395 g/mol. The third kappa shape index (κ3) is 5.38. The summed E-state index contributed by atoms with van der Waals surface area (Å²) < 4.78 is 6.77. The van der Waals surface area contributed by atoms with Gasteiger partial charge in [0.25, 0.3) is 0 Å². The summed E-state index contributed by atoms with van der Waals surface area (Å²) in [6.45, 7) is 4.53. The number of hydrogen-bond donors (Lipinski definition) is 2. The minimum absolute atomic E-state index is 0.423. The van der Waals surface area contributed by atoms with E-state index in [1.54, 1.807) is 0 Å². The molecule has 1 atom stereocenters. The van der Waals surface area contributed by atoms with Crippen LogP contribution in [0.25, 0.3) is 0 Å². The minimum atomic E-state index is 0.423. The van der Waals surface area contributed by atoms with Crippen LogP contribution in [0.1, 0.15) is 19.3 Å². The van der Waals surface area contributed by atoms with Crippen LogP contribution in [0.15, 0.2) is 33.7 Å². The average Bonchev–Trinajstić information content (AvgIpc) is 3.31. The number of anilines is 1. The summed E-state index contributed by atoms with van der Waals surface area (Å²) in [5.41, 5.74) is 1.28. The first-order valence-corrected chi connectivity index (χ1v) is 9.59. The van der Waals surface area contributed by atoms with Crippen molar-refractivity contribution in [3.05, 3.63) is 28.7 Å². The van der Waals surface area contributed by atoms with Gasteiger partial charge >= 0.3 is 0 Å². The SMILES string of the molecule is CN=C(NCCOCC1CC1)NC1CCN(c2ccc(Br)cc2)C1. The molecular weight excluding hydrogens is 368 g/mol. The number of benzene rings is 1. The quantitative estimate of drug-likeness (QED) is 0.423. The fraction of sp³-hybridized carbons (Fsp3) is 0.611. The number of hydrogen-bond acceptors (Lipinski definition) is 3. The predicted molar refractivity (Wildman–Crippen MR) is 103 cm³/mol. The van der Waals surface area contributed by atoms with Crippen molar-refractivity contribution in [3.8, 4) is 0 Å². The van der Waals surface area contributed by atoms with Crippen LogP contribution >= 0.6 is 15.9 Å². The van der Waals surface area contributed by atoms with Gasteiger partial charge in [0, 0.05) is 49.5 Å². The Hall–Kier alpha value is -1.27. The molecule has 0 spiro atoms. The van der Waals surface area contributed by atoms with E-state index in [1.807, 2.05) is 7.05 Å². The topological polar surface area (TPSA) is 48.9 Å². The summed E-state index contributed by atoms with van der Waals surface area (Å²) in [7, 11) is 1.82. The fourth-order valence-electron chi connectivity index (χ4n) is 2.93. The molecular formula is C18H27BrN4O. The molecule has 0 aromatic heterocycles. The van der Waals surface area contributed by atoms with Gasteiger partial charge in [0.05, 0.1) is 6.61 Å². The van der Waals surface area contributed by atoms with Crippen molar-refractivity contribution in [1.82, 2.24) is 10.6 Å². The Morgan fingerprint density at radius 2 is 2.08 bits per heavy atom. The molecule has 1 saturated heterocycles. The molecule has 1 aromatic rings. The van der Waals surface area contributed by atoms with Gasteiger partial charge in [-0.15, -0.1) is 0 Å². The van der Waals surface area contributed by atoms with Crippen LogP contribution in [0.4, 0.5) is 5.69 Å².